The minimum absolute atomic E-state index is 0.0656. The normalized spacial score (nSPS) is 10.6. The maximum absolute atomic E-state index is 10.4. The Kier molecular flexibility index (Phi) is 5.36. The minimum Gasteiger partial charge on any atom is -0.507 e. The summed E-state index contributed by atoms with van der Waals surface area (Å²) < 4.78 is 0. The highest BCUT2D eigenvalue weighted by Gasteiger charge is 2.21. The summed E-state index contributed by atoms with van der Waals surface area (Å²) in [6.45, 7) is 0. The molecule has 4 rings (SSSR count). The van der Waals surface area contributed by atoms with Gasteiger partial charge in [-0.15, -0.1) is 0 Å². The zero-order chi connectivity index (χ0) is 22.0. The van der Waals surface area contributed by atoms with E-state index in [2.05, 4.69) is 0 Å². The van der Waals surface area contributed by atoms with E-state index in [1.807, 2.05) is 60.7 Å². The van der Waals surface area contributed by atoms with Crippen molar-refractivity contribution in [2.24, 2.45) is 11.8 Å². The molecule has 0 unspecified atom stereocenters. The molecule has 7 nitrogen and oxygen atoms in total. The van der Waals surface area contributed by atoms with E-state index in [0.717, 1.165) is 27.8 Å². The molecule has 0 amide bonds. The first-order valence-corrected chi connectivity index (χ1v) is 9.49. The molecule has 0 saturated heterocycles. The second-order valence-corrected chi connectivity index (χ2v) is 6.92. The molecule has 0 atom stereocenters. The van der Waals surface area contributed by atoms with Crippen molar-refractivity contribution in [3.63, 3.8) is 0 Å². The molecular weight excluding hydrogens is 392 g/mol. The van der Waals surface area contributed by atoms with E-state index in [1.54, 1.807) is 18.2 Å². The molecule has 7 heteroatoms. The zero-order valence-corrected chi connectivity index (χ0v) is 16.6. The van der Waals surface area contributed by atoms with Gasteiger partial charge in [0.2, 0.25) is 5.75 Å². The molecule has 4 aromatic rings. The van der Waals surface area contributed by atoms with Gasteiger partial charge in [-0.05, 0) is 34.4 Å². The second-order valence-electron chi connectivity index (χ2n) is 6.92. The lowest BCUT2D eigenvalue weighted by Gasteiger charge is -2.19. The van der Waals surface area contributed by atoms with E-state index >= 15 is 0 Å². The fourth-order valence-electron chi connectivity index (χ4n) is 3.71. The molecule has 9 N–H and O–H groups in total. The Morgan fingerprint density at radius 2 is 1.00 bits per heavy atom. The van der Waals surface area contributed by atoms with Crippen LogP contribution in [0.4, 0.5) is 11.4 Å². The molecule has 0 bridgehead atoms. The maximum atomic E-state index is 10.4. The van der Waals surface area contributed by atoms with E-state index in [-0.39, 0.29) is 28.6 Å². The number of rotatable bonds is 5. The zero-order valence-electron chi connectivity index (χ0n) is 16.6. The molecule has 4 aromatic carbocycles. The number of hydrogen-bond donors (Lipinski definition) is 5. The predicted octanol–water partition coefficient (Wildman–Crippen LogP) is 4.06. The third kappa shape index (κ3) is 3.48. The summed E-state index contributed by atoms with van der Waals surface area (Å²) in [5.41, 5.74) is 17.7. The van der Waals surface area contributed by atoms with Crippen molar-refractivity contribution in [2.75, 3.05) is 11.5 Å². The molecule has 0 spiro atoms. The summed E-state index contributed by atoms with van der Waals surface area (Å²) in [6.07, 6.45) is 0. The average molecular weight is 414 g/mol. The molecule has 0 radical (unpaired) electrons. The minimum atomic E-state index is 0.0656. The fraction of sp³-hybridized carbons (Fsp3) is 0. The quantitative estimate of drug-likeness (QED) is 0.245. The first kappa shape index (κ1) is 20.1. The van der Waals surface area contributed by atoms with Crippen molar-refractivity contribution < 1.29 is 14.8 Å². The Morgan fingerprint density at radius 1 is 0.548 bits per heavy atom. The maximum Gasteiger partial charge on any atom is 0.216 e. The van der Waals surface area contributed by atoms with Gasteiger partial charge in [0.15, 0.2) is 5.75 Å². The van der Waals surface area contributed by atoms with Crippen molar-refractivity contribution in [3.8, 4) is 50.6 Å². The van der Waals surface area contributed by atoms with E-state index in [0.29, 0.717) is 5.56 Å². The molecule has 0 saturated carbocycles. The molecule has 0 heterocycles. The standard InChI is InChI=1S/C24H22N4O3/c25-22-19(13-21(30-27)24(31-28)23(22)26)17-10-4-2-8-15(17)14-7-1-3-9-16(14)18-11-5-6-12-20(18)29/h1-13,29H,25-28H2. The Hall–Kier alpha value is -4.20. The van der Waals surface area contributed by atoms with Crippen LogP contribution in [-0.2, 0) is 0 Å². The molecule has 0 aliphatic rings. The topological polar surface area (TPSA) is 143 Å². The first-order chi connectivity index (χ1) is 15.1. The molecule has 31 heavy (non-hydrogen) atoms. The molecule has 0 aliphatic heterocycles. The van der Waals surface area contributed by atoms with E-state index < -0.39 is 0 Å². The highest BCUT2D eigenvalue weighted by Crippen LogP contribution is 2.47. The molecule has 0 fully saturated rings. The van der Waals surface area contributed by atoms with Crippen molar-refractivity contribution in [3.05, 3.63) is 78.9 Å². The first-order valence-electron chi connectivity index (χ1n) is 9.49. The molecule has 156 valence electrons. The lowest BCUT2D eigenvalue weighted by atomic mass is 9.88. The van der Waals surface area contributed by atoms with Crippen molar-refractivity contribution in [1.82, 2.24) is 0 Å². The summed E-state index contributed by atoms with van der Waals surface area (Å²) in [4.78, 5) is 9.72. The van der Waals surface area contributed by atoms with Gasteiger partial charge in [-0.1, -0.05) is 66.7 Å². The van der Waals surface area contributed by atoms with Crippen LogP contribution in [0.3, 0.4) is 0 Å². The number of anilines is 2. The van der Waals surface area contributed by atoms with E-state index in [9.17, 15) is 5.11 Å². The number of hydrogen-bond acceptors (Lipinski definition) is 7. The van der Waals surface area contributed by atoms with Crippen LogP contribution in [0.5, 0.6) is 17.2 Å². The average Bonchev–Trinajstić information content (AvgIpc) is 2.81. The van der Waals surface area contributed by atoms with Crippen molar-refractivity contribution >= 4 is 11.4 Å². The van der Waals surface area contributed by atoms with Crippen LogP contribution in [-0.4, -0.2) is 5.11 Å². The van der Waals surface area contributed by atoms with Crippen LogP contribution in [0, 0.1) is 0 Å². The Morgan fingerprint density at radius 3 is 1.48 bits per heavy atom. The van der Waals surface area contributed by atoms with Crippen LogP contribution in [0.15, 0.2) is 78.9 Å². The van der Waals surface area contributed by atoms with Crippen LogP contribution in [0.1, 0.15) is 0 Å². The summed E-state index contributed by atoms with van der Waals surface area (Å²) in [5, 5.41) is 10.4. The van der Waals surface area contributed by atoms with Gasteiger partial charge in [0, 0.05) is 11.1 Å². The predicted molar refractivity (Wildman–Crippen MR) is 123 cm³/mol. The number of nitrogen functional groups attached to an aromatic ring is 2. The third-order valence-corrected chi connectivity index (χ3v) is 5.20. The van der Waals surface area contributed by atoms with Crippen molar-refractivity contribution in [1.29, 1.82) is 0 Å². The van der Waals surface area contributed by atoms with Gasteiger partial charge in [0.1, 0.15) is 11.4 Å². The van der Waals surface area contributed by atoms with Gasteiger partial charge in [-0.25, -0.2) is 0 Å². The fourth-order valence-corrected chi connectivity index (χ4v) is 3.71. The van der Waals surface area contributed by atoms with Gasteiger partial charge < -0.3 is 26.2 Å². The number of para-hydroxylation sites is 1. The molecule has 0 aliphatic carbocycles. The van der Waals surface area contributed by atoms with Crippen LogP contribution < -0.4 is 32.9 Å². The molecule has 0 aromatic heterocycles. The Bertz CT molecular complexity index is 1260. The Balaban J connectivity index is 1.99. The summed E-state index contributed by atoms with van der Waals surface area (Å²) in [5.74, 6) is 11.1. The highest BCUT2D eigenvalue weighted by atomic mass is 16.7. The third-order valence-electron chi connectivity index (χ3n) is 5.20. The second kappa shape index (κ2) is 8.27. The monoisotopic (exact) mass is 414 g/mol. The van der Waals surface area contributed by atoms with Crippen LogP contribution in [0.2, 0.25) is 0 Å². The number of nitrogens with two attached hydrogens (primary N) is 4. The van der Waals surface area contributed by atoms with Crippen LogP contribution in [0.25, 0.3) is 33.4 Å². The van der Waals surface area contributed by atoms with Gasteiger partial charge in [0.25, 0.3) is 0 Å². The number of phenolic OH excluding ortho intramolecular Hbond substituents is 1. The van der Waals surface area contributed by atoms with E-state index in [1.165, 1.54) is 0 Å². The SMILES string of the molecule is NOc1cc(-c2ccccc2-c2ccccc2-c2ccccc2O)c(N)c(N)c1ON. The molecular formula is C24H22N4O3. The lowest BCUT2D eigenvalue weighted by Crippen LogP contribution is -2.12. The van der Waals surface area contributed by atoms with Gasteiger partial charge in [-0.3, -0.25) is 0 Å². The van der Waals surface area contributed by atoms with Gasteiger partial charge >= 0.3 is 0 Å². The lowest BCUT2D eigenvalue weighted by molar-refractivity contribution is 0.282. The smallest absolute Gasteiger partial charge is 0.216 e. The number of aromatic hydroxyl groups is 1. The largest absolute Gasteiger partial charge is 0.507 e. The van der Waals surface area contributed by atoms with Gasteiger partial charge in [0.05, 0.1) is 5.69 Å². The number of benzene rings is 4. The van der Waals surface area contributed by atoms with E-state index in [4.69, 9.17) is 32.9 Å². The highest BCUT2D eigenvalue weighted by molar-refractivity contribution is 5.98. The summed E-state index contributed by atoms with van der Waals surface area (Å²) in [7, 11) is 0. The van der Waals surface area contributed by atoms with Gasteiger partial charge in [-0.2, -0.15) is 11.8 Å². The summed E-state index contributed by atoms with van der Waals surface area (Å²) >= 11 is 0. The summed E-state index contributed by atoms with van der Waals surface area (Å²) in [6, 6.07) is 24.4. The van der Waals surface area contributed by atoms with Crippen molar-refractivity contribution in [2.45, 2.75) is 0 Å². The Labute approximate surface area is 179 Å². The number of phenols is 1. The van der Waals surface area contributed by atoms with Crippen LogP contribution >= 0.6 is 0 Å².